The molecule has 21 nitrogen and oxygen atoms in total. The summed E-state index contributed by atoms with van der Waals surface area (Å²) in [6.07, 6.45) is 8.18. The molecule has 0 radical (unpaired) electrons. The van der Waals surface area contributed by atoms with E-state index in [-0.39, 0.29) is 97.9 Å². The Labute approximate surface area is 420 Å². The lowest BCUT2D eigenvalue weighted by atomic mass is 9.81. The number of aromatic carboxylic acids is 1. The van der Waals surface area contributed by atoms with Crippen molar-refractivity contribution in [1.82, 2.24) is 30.3 Å². The van der Waals surface area contributed by atoms with E-state index >= 15 is 4.39 Å². The number of nitrogens with one attached hydrogen (secondary N) is 4. The Morgan fingerprint density at radius 3 is 2.30 bits per heavy atom. The molecule has 73 heavy (non-hydrogen) atoms. The van der Waals surface area contributed by atoms with Crippen LogP contribution < -0.4 is 42.1 Å². The number of aromatic nitrogens is 1. The van der Waals surface area contributed by atoms with Crippen LogP contribution in [0.3, 0.4) is 0 Å². The first-order chi connectivity index (χ1) is 34.8. The summed E-state index contributed by atoms with van der Waals surface area (Å²) >= 11 is 0. The van der Waals surface area contributed by atoms with Crippen molar-refractivity contribution in [2.45, 2.75) is 115 Å². The highest BCUT2D eigenvalue weighted by atomic mass is 19.1. The van der Waals surface area contributed by atoms with Crippen LogP contribution in [0.2, 0.25) is 0 Å². The van der Waals surface area contributed by atoms with Crippen molar-refractivity contribution in [3.8, 4) is 5.75 Å². The summed E-state index contributed by atoms with van der Waals surface area (Å²) in [6, 6.07) is 4.80. The Balaban J connectivity index is 0.953. The lowest BCUT2D eigenvalue weighted by Gasteiger charge is -2.45. The van der Waals surface area contributed by atoms with Crippen molar-refractivity contribution in [1.29, 1.82) is 0 Å². The van der Waals surface area contributed by atoms with Gasteiger partial charge >= 0.3 is 18.1 Å². The summed E-state index contributed by atoms with van der Waals surface area (Å²) in [6.45, 7) is 6.74. The highest BCUT2D eigenvalue weighted by Crippen LogP contribution is 2.48. The maximum absolute atomic E-state index is 16.3. The van der Waals surface area contributed by atoms with Crippen molar-refractivity contribution in [2.24, 2.45) is 17.6 Å². The number of carboxylic acids is 1. The van der Waals surface area contributed by atoms with E-state index in [1.54, 1.807) is 47.6 Å². The average molecular weight is 1010 g/mol. The quantitative estimate of drug-likeness (QED) is 0.0606. The van der Waals surface area contributed by atoms with Crippen molar-refractivity contribution in [3.05, 3.63) is 75.8 Å². The molecule has 7 N–H and O–H groups in total. The second kappa shape index (κ2) is 22.9. The molecule has 3 fully saturated rings. The number of halogens is 1. The first-order valence-corrected chi connectivity index (χ1v) is 24.8. The standard InChI is InChI=1S/C51H64FN9O12/c1-29(2)41(57-38(62)12-6-5-7-22-59-39(63)19-20-40(59)64)47(67)56-37(11-8-21-54-49(53)70)46(66)55-32-15-13-30(14-16-32)27-73-50(71)61-23-9-10-31-25-58(28-51(31,61)3)43-36(52)24-34-42(45(43)72-4)60(33-17-18-33)26-35(44(34)65)48(68)69/h13-16,19-20,24,26,29,31,33,37,41H,5-12,17-18,21-23,25,27-28H2,1-4H3,(H,55,66)(H,56,67)(H,57,62)(H,68,69)(H3,53,54,70). The monoisotopic (exact) mass is 1010 g/mol. The summed E-state index contributed by atoms with van der Waals surface area (Å²) in [5.74, 6) is -4.70. The van der Waals surface area contributed by atoms with Gasteiger partial charge in [0, 0.05) is 75.1 Å². The molecule has 4 aliphatic rings. The molecule has 3 aliphatic heterocycles. The fraction of sp³-hybridized carbons (Fsp3) is 0.510. The Bertz CT molecular complexity index is 2720. The fourth-order valence-corrected chi connectivity index (χ4v) is 10.0. The minimum Gasteiger partial charge on any atom is -0.492 e. The number of nitrogens with zero attached hydrogens (tertiary/aromatic N) is 4. The number of carbonyl (C=O) groups is 8. The van der Waals surface area contributed by atoms with Gasteiger partial charge in [-0.15, -0.1) is 0 Å². The molecule has 1 saturated carbocycles. The number of likely N-dealkylation sites (tertiary alicyclic amines) is 1. The summed E-state index contributed by atoms with van der Waals surface area (Å²) in [5, 5.41) is 20.5. The normalized spacial score (nSPS) is 19.2. The SMILES string of the molecule is COc1c(N2CC3CCCN(C(=O)OCc4ccc(NC(=O)C(CCCNC(N)=O)NC(=O)C(NC(=O)CCCCCN5C(=O)C=CC5=O)C(C)C)cc4)C3(C)C2)c(F)cc2c(=O)c(C(=O)O)cn(C3CC3)c12. The molecule has 7 rings (SSSR count). The minimum atomic E-state index is -1.40. The Morgan fingerprint density at radius 1 is 0.945 bits per heavy atom. The Morgan fingerprint density at radius 2 is 1.66 bits per heavy atom. The van der Waals surface area contributed by atoms with E-state index in [1.165, 1.54) is 25.5 Å². The van der Waals surface area contributed by atoms with Crippen LogP contribution in [0.1, 0.15) is 107 Å². The molecule has 1 aromatic heterocycles. The number of imide groups is 1. The Hall–Kier alpha value is -7.52. The number of rotatable bonds is 22. The van der Waals surface area contributed by atoms with Crippen LogP contribution in [0.15, 0.2) is 53.5 Å². The molecule has 22 heteroatoms. The van der Waals surface area contributed by atoms with Gasteiger partial charge in [0.2, 0.25) is 23.2 Å². The van der Waals surface area contributed by atoms with Crippen LogP contribution in [0, 0.1) is 17.7 Å². The number of hydrogen-bond donors (Lipinski definition) is 6. The first kappa shape index (κ1) is 53.3. The molecule has 4 unspecified atom stereocenters. The zero-order chi connectivity index (χ0) is 52.7. The van der Waals surface area contributed by atoms with E-state index in [4.69, 9.17) is 15.2 Å². The largest absolute Gasteiger partial charge is 0.492 e. The van der Waals surface area contributed by atoms with Gasteiger partial charge in [-0.25, -0.2) is 18.8 Å². The number of hydrogen-bond acceptors (Lipinski definition) is 12. The predicted octanol–water partition coefficient (Wildman–Crippen LogP) is 4.31. The zero-order valence-corrected chi connectivity index (χ0v) is 41.5. The number of pyridine rings is 1. The molecule has 0 spiro atoms. The summed E-state index contributed by atoms with van der Waals surface area (Å²) < 4.78 is 29.7. The number of benzene rings is 2. The third-order valence-electron chi connectivity index (χ3n) is 14.1. The van der Waals surface area contributed by atoms with E-state index < -0.39 is 64.3 Å². The van der Waals surface area contributed by atoms with Crippen LogP contribution in [0.25, 0.3) is 10.9 Å². The number of amides is 8. The lowest BCUT2D eigenvalue weighted by molar-refractivity contribution is -0.137. The smallest absolute Gasteiger partial charge is 0.410 e. The second-order valence-corrected chi connectivity index (χ2v) is 19.7. The van der Waals surface area contributed by atoms with Gasteiger partial charge in [-0.05, 0) is 88.0 Å². The fourth-order valence-electron chi connectivity index (χ4n) is 10.0. The number of carboxylic acid groups (broad SMARTS) is 1. The van der Waals surface area contributed by atoms with Gasteiger partial charge < -0.3 is 55.9 Å². The van der Waals surface area contributed by atoms with Gasteiger partial charge in [-0.3, -0.25) is 33.7 Å². The van der Waals surface area contributed by atoms with Crippen molar-refractivity contribution in [3.63, 3.8) is 0 Å². The number of anilines is 2. The number of methoxy groups -OCH3 is 1. The predicted molar refractivity (Wildman–Crippen MR) is 265 cm³/mol. The molecular formula is C51H64FN9O12. The number of primary amides is 1. The van der Waals surface area contributed by atoms with Crippen LogP contribution in [-0.4, -0.2) is 125 Å². The van der Waals surface area contributed by atoms with E-state index in [0.717, 1.165) is 30.2 Å². The lowest BCUT2D eigenvalue weighted by Crippen LogP contribution is -2.58. The van der Waals surface area contributed by atoms with E-state index in [2.05, 4.69) is 21.3 Å². The minimum absolute atomic E-state index is 0.0655. The molecule has 2 saturated heterocycles. The van der Waals surface area contributed by atoms with Gasteiger partial charge in [-0.1, -0.05) is 32.4 Å². The number of fused-ring (bicyclic) bond motifs is 2. The third kappa shape index (κ3) is 12.2. The maximum atomic E-state index is 16.3. The zero-order valence-electron chi connectivity index (χ0n) is 41.5. The number of urea groups is 1. The average Bonchev–Trinajstić information content (AvgIpc) is 4.06. The molecule has 4 heterocycles. The van der Waals surface area contributed by atoms with Crippen molar-refractivity contribution in [2.75, 3.05) is 50.1 Å². The number of piperidine rings is 1. The van der Waals surface area contributed by atoms with E-state index in [1.807, 2.05) is 11.8 Å². The van der Waals surface area contributed by atoms with Gasteiger partial charge in [-0.2, -0.15) is 0 Å². The second-order valence-electron chi connectivity index (χ2n) is 19.7. The van der Waals surface area contributed by atoms with Crippen LogP contribution in [0.5, 0.6) is 5.75 Å². The summed E-state index contributed by atoms with van der Waals surface area (Å²) in [5.41, 5.74) is 4.64. The van der Waals surface area contributed by atoms with Crippen molar-refractivity contribution >= 4 is 69.9 Å². The first-order valence-electron chi connectivity index (χ1n) is 24.8. The van der Waals surface area contributed by atoms with Gasteiger partial charge in [0.25, 0.3) is 11.8 Å². The van der Waals surface area contributed by atoms with Crippen LogP contribution in [0.4, 0.5) is 25.4 Å². The van der Waals surface area contributed by atoms with Gasteiger partial charge in [0.15, 0.2) is 11.6 Å². The molecule has 0 bridgehead atoms. The molecular weight excluding hydrogens is 950 g/mol. The van der Waals surface area contributed by atoms with Gasteiger partial charge in [0.05, 0.1) is 23.6 Å². The highest BCUT2D eigenvalue weighted by Gasteiger charge is 2.52. The molecule has 2 aromatic carbocycles. The number of nitrogens with two attached hydrogens (primary N) is 1. The third-order valence-corrected chi connectivity index (χ3v) is 14.1. The summed E-state index contributed by atoms with van der Waals surface area (Å²) in [4.78, 5) is 119. The number of carbonyl (C=O) groups excluding carboxylic acids is 7. The van der Waals surface area contributed by atoms with E-state index in [9.17, 15) is 48.3 Å². The maximum Gasteiger partial charge on any atom is 0.410 e. The molecule has 1 aliphatic carbocycles. The van der Waals surface area contributed by atoms with Crippen molar-refractivity contribution < 1.29 is 57.3 Å². The number of unbranched alkanes of at least 4 members (excludes halogenated alkanes) is 2. The highest BCUT2D eigenvalue weighted by molar-refractivity contribution is 6.12. The molecule has 3 aromatic rings. The van der Waals surface area contributed by atoms with Crippen LogP contribution >= 0.6 is 0 Å². The molecule has 8 amide bonds. The van der Waals surface area contributed by atoms with E-state index in [0.29, 0.717) is 55.5 Å². The Kier molecular flexibility index (Phi) is 16.7. The number of ether oxygens (including phenoxy) is 2. The summed E-state index contributed by atoms with van der Waals surface area (Å²) in [7, 11) is 1.39. The molecule has 392 valence electrons. The topological polar surface area (TPSA) is 281 Å². The van der Waals surface area contributed by atoms with Gasteiger partial charge in [0.1, 0.15) is 29.9 Å². The van der Waals surface area contributed by atoms with Crippen LogP contribution in [-0.2, 0) is 35.3 Å². The molecule has 4 atom stereocenters.